The van der Waals surface area contributed by atoms with Gasteiger partial charge in [0.15, 0.2) is 5.96 Å². The number of guanidine groups is 1. The normalized spacial score (nSPS) is 31.7. The van der Waals surface area contributed by atoms with Crippen LogP contribution in [-0.4, -0.2) is 47.8 Å². The molecule has 0 amide bonds. The third-order valence-corrected chi connectivity index (χ3v) is 4.05. The van der Waals surface area contributed by atoms with Crippen LogP contribution in [0.1, 0.15) is 19.3 Å². The molecule has 0 aliphatic carbocycles. The molecule has 0 aromatic heterocycles. The molecule has 3 N–H and O–H groups in total. The van der Waals surface area contributed by atoms with E-state index >= 15 is 0 Å². The number of aliphatic hydroxyl groups is 1. The fourth-order valence-electron chi connectivity index (χ4n) is 1.79. The first-order valence-corrected chi connectivity index (χ1v) is 6.76. The second kappa shape index (κ2) is 5.07. The van der Waals surface area contributed by atoms with Gasteiger partial charge in [0.2, 0.25) is 0 Å². The second-order valence-electron chi connectivity index (χ2n) is 4.24. The number of hydrogen-bond donors (Lipinski definition) is 3. The van der Waals surface area contributed by atoms with Gasteiger partial charge in [-0.25, -0.2) is 0 Å². The number of nitrogens with one attached hydrogen (secondary N) is 2. The molecule has 15 heavy (non-hydrogen) atoms. The molecule has 0 bridgehead atoms. The third-order valence-electron chi connectivity index (χ3n) is 2.81. The summed E-state index contributed by atoms with van der Waals surface area (Å²) in [7, 11) is 0. The lowest BCUT2D eigenvalue weighted by Gasteiger charge is -2.22. The molecule has 1 saturated heterocycles. The fraction of sp³-hybridized carbons (Fsp3) is 0.900. The van der Waals surface area contributed by atoms with Crippen molar-refractivity contribution < 1.29 is 5.11 Å². The van der Waals surface area contributed by atoms with Gasteiger partial charge in [0, 0.05) is 25.4 Å². The summed E-state index contributed by atoms with van der Waals surface area (Å²) in [6.07, 6.45) is 3.21. The molecule has 2 rings (SSSR count). The Hall–Kier alpha value is -0.420. The van der Waals surface area contributed by atoms with Crippen LogP contribution < -0.4 is 10.6 Å². The maximum absolute atomic E-state index is 10.1. The van der Waals surface area contributed by atoms with Gasteiger partial charge in [-0.15, -0.1) is 0 Å². The van der Waals surface area contributed by atoms with E-state index in [0.717, 1.165) is 43.4 Å². The van der Waals surface area contributed by atoms with E-state index in [-0.39, 0.29) is 0 Å². The SMILES string of the molecule is O[C@@]1(CNC2=NCCCCN2)CCSC1. The first-order valence-electron chi connectivity index (χ1n) is 5.61. The van der Waals surface area contributed by atoms with Crippen LogP contribution in [0, 0.1) is 0 Å². The van der Waals surface area contributed by atoms with Gasteiger partial charge in [-0.05, 0) is 25.0 Å². The van der Waals surface area contributed by atoms with E-state index in [1.54, 1.807) is 0 Å². The summed E-state index contributed by atoms with van der Waals surface area (Å²) in [5, 5.41) is 16.6. The van der Waals surface area contributed by atoms with Crippen LogP contribution in [-0.2, 0) is 0 Å². The predicted octanol–water partition coefficient (Wildman–Crippen LogP) is 0.183. The van der Waals surface area contributed by atoms with Crippen LogP contribution in [0.2, 0.25) is 0 Å². The van der Waals surface area contributed by atoms with Gasteiger partial charge < -0.3 is 15.7 Å². The van der Waals surface area contributed by atoms with Crippen molar-refractivity contribution in [3.63, 3.8) is 0 Å². The highest BCUT2D eigenvalue weighted by Gasteiger charge is 2.31. The van der Waals surface area contributed by atoms with Crippen molar-refractivity contribution in [3.05, 3.63) is 0 Å². The van der Waals surface area contributed by atoms with Crippen molar-refractivity contribution >= 4 is 17.7 Å². The zero-order chi connectivity index (χ0) is 10.6. The van der Waals surface area contributed by atoms with Gasteiger partial charge in [-0.3, -0.25) is 4.99 Å². The molecule has 1 atom stereocenters. The average Bonchev–Trinajstić information content (AvgIpc) is 2.53. The number of thioether (sulfide) groups is 1. The molecule has 2 heterocycles. The first-order chi connectivity index (χ1) is 7.29. The highest BCUT2D eigenvalue weighted by atomic mass is 32.2. The van der Waals surface area contributed by atoms with Crippen LogP contribution in [0.25, 0.3) is 0 Å². The molecular formula is C10H19N3OS. The van der Waals surface area contributed by atoms with Gasteiger partial charge in [-0.1, -0.05) is 0 Å². The zero-order valence-electron chi connectivity index (χ0n) is 8.96. The highest BCUT2D eigenvalue weighted by molar-refractivity contribution is 7.99. The highest BCUT2D eigenvalue weighted by Crippen LogP contribution is 2.26. The van der Waals surface area contributed by atoms with Gasteiger partial charge in [0.25, 0.3) is 0 Å². The van der Waals surface area contributed by atoms with E-state index in [0.29, 0.717) is 6.54 Å². The van der Waals surface area contributed by atoms with Gasteiger partial charge in [0.1, 0.15) is 0 Å². The van der Waals surface area contributed by atoms with Crippen LogP contribution >= 0.6 is 11.8 Å². The zero-order valence-corrected chi connectivity index (χ0v) is 9.78. The van der Waals surface area contributed by atoms with E-state index in [9.17, 15) is 5.11 Å². The van der Waals surface area contributed by atoms with E-state index in [4.69, 9.17) is 0 Å². The molecule has 0 unspecified atom stereocenters. The van der Waals surface area contributed by atoms with E-state index in [1.165, 1.54) is 6.42 Å². The first kappa shape index (κ1) is 11.1. The predicted molar refractivity (Wildman–Crippen MR) is 64.4 cm³/mol. The Labute approximate surface area is 94.9 Å². The monoisotopic (exact) mass is 229 g/mol. The Morgan fingerprint density at radius 2 is 2.47 bits per heavy atom. The van der Waals surface area contributed by atoms with Crippen LogP contribution in [0.15, 0.2) is 4.99 Å². The second-order valence-corrected chi connectivity index (χ2v) is 5.35. The minimum absolute atomic E-state index is 0.527. The Morgan fingerprint density at radius 3 is 3.27 bits per heavy atom. The Balaban J connectivity index is 1.78. The number of aliphatic imine (C=N–C) groups is 1. The Morgan fingerprint density at radius 1 is 1.53 bits per heavy atom. The summed E-state index contributed by atoms with van der Waals surface area (Å²) in [4.78, 5) is 4.39. The molecule has 0 aromatic carbocycles. The summed E-state index contributed by atoms with van der Waals surface area (Å²) in [5.74, 6) is 2.77. The summed E-state index contributed by atoms with van der Waals surface area (Å²) in [5.41, 5.74) is -0.527. The number of hydrogen-bond acceptors (Lipinski definition) is 5. The van der Waals surface area contributed by atoms with Crippen LogP contribution in [0.3, 0.4) is 0 Å². The quantitative estimate of drug-likeness (QED) is 0.632. The minimum Gasteiger partial charge on any atom is -0.387 e. The molecule has 0 radical (unpaired) electrons. The van der Waals surface area contributed by atoms with Gasteiger partial charge >= 0.3 is 0 Å². The van der Waals surface area contributed by atoms with Crippen molar-refractivity contribution in [3.8, 4) is 0 Å². The van der Waals surface area contributed by atoms with Crippen LogP contribution in [0.5, 0.6) is 0 Å². The smallest absolute Gasteiger partial charge is 0.191 e. The molecule has 2 aliphatic rings. The molecule has 5 heteroatoms. The lowest BCUT2D eigenvalue weighted by atomic mass is 10.0. The molecule has 0 aromatic rings. The lowest BCUT2D eigenvalue weighted by molar-refractivity contribution is 0.0724. The van der Waals surface area contributed by atoms with E-state index in [2.05, 4.69) is 15.6 Å². The molecule has 2 aliphatic heterocycles. The Kier molecular flexibility index (Phi) is 3.75. The minimum atomic E-state index is -0.527. The topological polar surface area (TPSA) is 56.6 Å². The molecule has 0 saturated carbocycles. The summed E-state index contributed by atoms with van der Waals surface area (Å²) in [6, 6.07) is 0. The van der Waals surface area contributed by atoms with Crippen molar-refractivity contribution in [2.24, 2.45) is 4.99 Å². The van der Waals surface area contributed by atoms with Crippen molar-refractivity contribution in [1.29, 1.82) is 0 Å². The number of nitrogens with zero attached hydrogens (tertiary/aromatic N) is 1. The molecule has 86 valence electrons. The molecule has 1 fully saturated rings. The van der Waals surface area contributed by atoms with Gasteiger partial charge in [-0.2, -0.15) is 11.8 Å². The van der Waals surface area contributed by atoms with Gasteiger partial charge in [0.05, 0.1) is 5.60 Å². The summed E-state index contributed by atoms with van der Waals surface area (Å²) < 4.78 is 0. The summed E-state index contributed by atoms with van der Waals surface area (Å²) in [6.45, 7) is 2.49. The standard InChI is InChI=1S/C10H19N3OS/c14-10(3-6-15-8-10)7-13-9-11-4-1-2-5-12-9/h14H,1-8H2,(H2,11,12,13)/t10-/m1/s1. The largest absolute Gasteiger partial charge is 0.387 e. The molecule has 0 spiro atoms. The van der Waals surface area contributed by atoms with Crippen LogP contribution in [0.4, 0.5) is 0 Å². The third kappa shape index (κ3) is 3.28. The Bertz CT molecular complexity index is 239. The average molecular weight is 229 g/mol. The van der Waals surface area contributed by atoms with E-state index in [1.807, 2.05) is 11.8 Å². The van der Waals surface area contributed by atoms with Crippen molar-refractivity contribution in [2.45, 2.75) is 24.9 Å². The maximum atomic E-state index is 10.1. The van der Waals surface area contributed by atoms with Crippen molar-refractivity contribution in [2.75, 3.05) is 31.1 Å². The van der Waals surface area contributed by atoms with Crippen molar-refractivity contribution in [1.82, 2.24) is 10.6 Å². The molecule has 4 nitrogen and oxygen atoms in total. The lowest BCUT2D eigenvalue weighted by Crippen LogP contribution is -2.47. The number of rotatable bonds is 2. The van der Waals surface area contributed by atoms with E-state index < -0.39 is 5.60 Å². The summed E-state index contributed by atoms with van der Waals surface area (Å²) >= 11 is 1.82. The molecular weight excluding hydrogens is 210 g/mol. The maximum Gasteiger partial charge on any atom is 0.191 e. The fourth-order valence-corrected chi connectivity index (χ4v) is 3.09.